The molecule has 7 N–H and O–H groups in total. The average Bonchev–Trinajstić information content (AvgIpc) is 2.94. The van der Waals surface area contributed by atoms with E-state index in [1.165, 1.54) is 6.92 Å². The molecule has 0 heterocycles. The second kappa shape index (κ2) is 19.3. The molecule has 1 aromatic carbocycles. The van der Waals surface area contributed by atoms with Gasteiger partial charge in [-0.1, -0.05) is 63.9 Å². The monoisotopic (exact) mass is 649 g/mol. The molecule has 0 saturated carbocycles. The fourth-order valence-corrected chi connectivity index (χ4v) is 4.23. The van der Waals surface area contributed by atoms with Crippen LogP contribution in [0.3, 0.4) is 0 Å². The number of esters is 1. The van der Waals surface area contributed by atoms with Gasteiger partial charge in [0, 0.05) is 0 Å². The largest absolute Gasteiger partial charge is 0.459 e. The van der Waals surface area contributed by atoms with Gasteiger partial charge in [0.2, 0.25) is 23.6 Å². The lowest BCUT2D eigenvalue weighted by molar-refractivity contribution is -0.152. The first-order chi connectivity index (χ1) is 21.4. The van der Waals surface area contributed by atoms with Crippen molar-refractivity contribution < 1.29 is 43.3 Å². The van der Waals surface area contributed by atoms with E-state index in [1.54, 1.807) is 51.1 Å². The van der Waals surface area contributed by atoms with Crippen molar-refractivity contribution in [3.63, 3.8) is 0 Å². The van der Waals surface area contributed by atoms with Crippen molar-refractivity contribution in [1.29, 1.82) is 0 Å². The highest BCUT2D eigenvalue weighted by molar-refractivity contribution is 5.96. The number of amides is 5. The lowest BCUT2D eigenvalue weighted by Crippen LogP contribution is -2.59. The van der Waals surface area contributed by atoms with Gasteiger partial charge >= 0.3 is 12.1 Å². The molecule has 1 rings (SSSR count). The van der Waals surface area contributed by atoms with Crippen molar-refractivity contribution in [2.24, 2.45) is 11.7 Å². The normalized spacial score (nSPS) is 14.5. The summed E-state index contributed by atoms with van der Waals surface area (Å²) in [5, 5.41) is 20.2. The molecule has 5 amide bonds. The maximum absolute atomic E-state index is 13.4. The zero-order valence-electron chi connectivity index (χ0n) is 27.9. The van der Waals surface area contributed by atoms with Gasteiger partial charge in [0.25, 0.3) is 0 Å². The molecule has 0 radical (unpaired) electrons. The highest BCUT2D eigenvalue weighted by Gasteiger charge is 2.34. The number of hydrogen-bond acceptors (Lipinski definition) is 9. The van der Waals surface area contributed by atoms with Crippen LogP contribution in [0.5, 0.6) is 0 Å². The summed E-state index contributed by atoms with van der Waals surface area (Å²) in [7, 11) is 0. The van der Waals surface area contributed by atoms with Crippen molar-refractivity contribution in [2.75, 3.05) is 0 Å². The maximum atomic E-state index is 13.4. The van der Waals surface area contributed by atoms with Crippen LogP contribution in [0.25, 0.3) is 0 Å². The first-order valence-electron chi connectivity index (χ1n) is 15.5. The molecule has 5 atom stereocenters. The zero-order valence-corrected chi connectivity index (χ0v) is 27.9. The molecule has 0 fully saturated rings. The lowest BCUT2D eigenvalue weighted by Gasteiger charge is -2.27. The van der Waals surface area contributed by atoms with E-state index >= 15 is 0 Å². The molecular weight excluding hydrogens is 598 g/mol. The maximum Gasteiger partial charge on any atom is 0.408 e. The summed E-state index contributed by atoms with van der Waals surface area (Å²) in [6.07, 6.45) is -1.18. The zero-order chi connectivity index (χ0) is 35.0. The molecular formula is C32H51N5O9. The van der Waals surface area contributed by atoms with E-state index in [0.717, 1.165) is 0 Å². The van der Waals surface area contributed by atoms with Gasteiger partial charge in [-0.25, -0.2) is 9.59 Å². The number of ether oxygens (including phenoxy) is 2. The lowest BCUT2D eigenvalue weighted by atomic mass is 10.0. The fraction of sp³-hybridized carbons (Fsp3) is 0.625. The Bertz CT molecular complexity index is 1170. The van der Waals surface area contributed by atoms with Gasteiger partial charge in [0.1, 0.15) is 30.3 Å². The van der Waals surface area contributed by atoms with Crippen molar-refractivity contribution in [3.05, 3.63) is 35.9 Å². The summed E-state index contributed by atoms with van der Waals surface area (Å²) >= 11 is 0. The van der Waals surface area contributed by atoms with Crippen molar-refractivity contribution in [3.8, 4) is 0 Å². The Kier molecular flexibility index (Phi) is 16.7. The third-order valence-electron chi connectivity index (χ3n) is 6.49. The summed E-state index contributed by atoms with van der Waals surface area (Å²) in [6, 6.07) is 3.54. The third kappa shape index (κ3) is 15.7. The highest BCUT2D eigenvalue weighted by atomic mass is 16.6. The molecule has 0 unspecified atom stereocenters. The van der Waals surface area contributed by atoms with Gasteiger partial charge in [-0.3, -0.25) is 19.2 Å². The van der Waals surface area contributed by atoms with Crippen molar-refractivity contribution >= 4 is 35.7 Å². The van der Waals surface area contributed by atoms with Gasteiger partial charge < -0.3 is 41.6 Å². The van der Waals surface area contributed by atoms with Crippen molar-refractivity contribution in [2.45, 2.75) is 123 Å². The highest BCUT2D eigenvalue weighted by Crippen LogP contribution is 2.11. The Morgan fingerprint density at radius 1 is 0.848 bits per heavy atom. The van der Waals surface area contributed by atoms with E-state index in [1.807, 2.05) is 20.8 Å². The molecule has 258 valence electrons. The number of aliphatic hydroxyl groups is 1. The molecule has 46 heavy (non-hydrogen) atoms. The standard InChI is InChI=1S/C32H51N5O9/c1-8-9-15-22(34-28(41)23(16-19(2)3)36-31(44)46-32(5,6)7)27(40)35-24(17-25(33)39)29(42)37-26(20(4)38)30(43)45-18-21-13-11-10-12-14-21/h10-14,19-20,22-24,26,38H,8-9,15-18H2,1-7H3,(H2,33,39)(H,34,41)(H,35,40)(H,36,44)(H,37,42)/t20-,22+,23+,24+,26+/m1/s1. The molecule has 14 nitrogen and oxygen atoms in total. The van der Waals surface area contributed by atoms with Crippen LogP contribution in [0.4, 0.5) is 4.79 Å². The van der Waals surface area contributed by atoms with Crippen LogP contribution in [-0.4, -0.2) is 76.7 Å². The number of nitrogens with two attached hydrogens (primary N) is 1. The van der Waals surface area contributed by atoms with E-state index in [2.05, 4.69) is 21.3 Å². The predicted molar refractivity (Wildman–Crippen MR) is 170 cm³/mol. The number of nitrogens with one attached hydrogen (secondary N) is 4. The van der Waals surface area contributed by atoms with Gasteiger partial charge in [-0.2, -0.15) is 0 Å². The van der Waals surface area contributed by atoms with Crippen LogP contribution in [0.15, 0.2) is 30.3 Å². The minimum absolute atomic E-state index is 0.00140. The number of aliphatic hydroxyl groups excluding tert-OH is 1. The van der Waals surface area contributed by atoms with Gasteiger partial charge in [0.05, 0.1) is 12.5 Å². The van der Waals surface area contributed by atoms with Crippen LogP contribution in [0, 0.1) is 5.92 Å². The Morgan fingerprint density at radius 3 is 1.93 bits per heavy atom. The van der Waals surface area contributed by atoms with Crippen LogP contribution in [-0.2, 0) is 40.1 Å². The van der Waals surface area contributed by atoms with E-state index in [4.69, 9.17) is 15.2 Å². The number of primary amides is 1. The average molecular weight is 650 g/mol. The smallest absolute Gasteiger partial charge is 0.408 e. The third-order valence-corrected chi connectivity index (χ3v) is 6.49. The quantitative estimate of drug-likeness (QED) is 0.127. The van der Waals surface area contributed by atoms with Gasteiger partial charge in [0.15, 0.2) is 6.04 Å². The summed E-state index contributed by atoms with van der Waals surface area (Å²) in [5.74, 6) is -4.25. The molecule has 0 aromatic heterocycles. The van der Waals surface area contributed by atoms with E-state index in [9.17, 15) is 33.9 Å². The topological polar surface area (TPSA) is 215 Å². The molecule has 14 heteroatoms. The summed E-state index contributed by atoms with van der Waals surface area (Å²) < 4.78 is 10.5. The molecule has 0 aliphatic rings. The molecule has 0 spiro atoms. The fourth-order valence-electron chi connectivity index (χ4n) is 4.23. The van der Waals surface area contributed by atoms with E-state index in [0.29, 0.717) is 18.4 Å². The summed E-state index contributed by atoms with van der Waals surface area (Å²) in [6.45, 7) is 11.8. The van der Waals surface area contributed by atoms with Crippen molar-refractivity contribution in [1.82, 2.24) is 21.3 Å². The van der Waals surface area contributed by atoms with Gasteiger partial charge in [-0.05, 0) is 52.0 Å². The van der Waals surface area contributed by atoms with Crippen LogP contribution < -0.4 is 27.0 Å². The van der Waals surface area contributed by atoms with Crippen LogP contribution in [0.1, 0.15) is 86.1 Å². The predicted octanol–water partition coefficient (Wildman–Crippen LogP) is 1.57. The Labute approximate surface area is 270 Å². The number of unbranched alkanes of at least 4 members (excludes halogenated alkanes) is 1. The molecule has 0 aliphatic heterocycles. The minimum atomic E-state index is -1.54. The number of alkyl carbamates (subject to hydrolysis) is 1. The number of carbonyl (C=O) groups is 6. The van der Waals surface area contributed by atoms with Crippen LogP contribution in [0.2, 0.25) is 0 Å². The minimum Gasteiger partial charge on any atom is -0.459 e. The Hall–Kier alpha value is -4.20. The summed E-state index contributed by atoms with van der Waals surface area (Å²) in [4.78, 5) is 77.0. The molecule has 0 bridgehead atoms. The first-order valence-corrected chi connectivity index (χ1v) is 15.5. The second-order valence-electron chi connectivity index (χ2n) is 12.6. The molecule has 1 aromatic rings. The molecule has 0 aliphatic carbocycles. The number of rotatable bonds is 18. The first kappa shape index (κ1) is 39.8. The number of hydrogen-bond donors (Lipinski definition) is 6. The Balaban J connectivity index is 3.10. The summed E-state index contributed by atoms with van der Waals surface area (Å²) in [5.41, 5.74) is 5.23. The van der Waals surface area contributed by atoms with E-state index in [-0.39, 0.29) is 25.4 Å². The van der Waals surface area contributed by atoms with Gasteiger partial charge in [-0.15, -0.1) is 0 Å². The van der Waals surface area contributed by atoms with E-state index < -0.39 is 78.0 Å². The van der Waals surface area contributed by atoms with Crippen LogP contribution >= 0.6 is 0 Å². The SMILES string of the molecule is CCCC[C@H](NC(=O)[C@H](CC(C)C)NC(=O)OC(C)(C)C)C(=O)N[C@@H](CC(N)=O)C(=O)N[C@H](C(=O)OCc1ccccc1)[C@@H](C)O. The number of benzene rings is 1. The molecule has 0 saturated heterocycles. The number of carbonyl (C=O) groups excluding carboxylic acids is 6. The second-order valence-corrected chi connectivity index (χ2v) is 12.6. The Morgan fingerprint density at radius 2 is 1.41 bits per heavy atom.